The largest absolute Gasteiger partial charge is 0.359 e. The van der Waals surface area contributed by atoms with E-state index in [4.69, 9.17) is 4.74 Å². The Morgan fingerprint density at radius 1 is 1.53 bits per heavy atom. The summed E-state index contributed by atoms with van der Waals surface area (Å²) < 4.78 is 30.4. The molecule has 2 aliphatic heterocycles. The van der Waals surface area contributed by atoms with Gasteiger partial charge in [-0.2, -0.15) is 0 Å². The zero-order valence-electron chi connectivity index (χ0n) is 7.96. The van der Waals surface area contributed by atoms with E-state index in [-0.39, 0.29) is 5.41 Å². The summed E-state index contributed by atoms with van der Waals surface area (Å²) in [4.78, 5) is 3.73. The summed E-state index contributed by atoms with van der Waals surface area (Å²) >= 11 is 0. The van der Waals surface area contributed by atoms with Gasteiger partial charge in [0.1, 0.15) is 6.33 Å². The van der Waals surface area contributed by atoms with Crippen molar-refractivity contribution in [1.82, 2.24) is 14.3 Å². The Morgan fingerprint density at radius 2 is 2.33 bits per heavy atom. The van der Waals surface area contributed by atoms with Gasteiger partial charge in [0.15, 0.2) is 5.44 Å². The maximum atomic E-state index is 12.1. The van der Waals surface area contributed by atoms with Crippen LogP contribution in [0.5, 0.6) is 0 Å². The Labute approximate surface area is 87.3 Å². The van der Waals surface area contributed by atoms with Crippen LogP contribution in [0.4, 0.5) is 0 Å². The highest BCUT2D eigenvalue weighted by atomic mass is 32.2. The fraction of sp³-hybridized carbons (Fsp3) is 0.625. The van der Waals surface area contributed by atoms with Gasteiger partial charge < -0.3 is 10.1 Å². The van der Waals surface area contributed by atoms with Gasteiger partial charge in [0.05, 0.1) is 12.0 Å². The van der Waals surface area contributed by atoms with Crippen LogP contribution in [0.3, 0.4) is 0 Å². The molecule has 0 saturated carbocycles. The number of rotatable bonds is 2. The molecule has 0 bridgehead atoms. The van der Waals surface area contributed by atoms with Crippen molar-refractivity contribution in [3.63, 3.8) is 0 Å². The van der Waals surface area contributed by atoms with Crippen molar-refractivity contribution in [2.24, 2.45) is 5.41 Å². The Hall–Kier alpha value is -0.920. The second-order valence-corrected chi connectivity index (χ2v) is 5.93. The van der Waals surface area contributed by atoms with Crippen molar-refractivity contribution in [2.75, 3.05) is 19.7 Å². The molecule has 0 aliphatic carbocycles. The van der Waals surface area contributed by atoms with Crippen LogP contribution in [0, 0.1) is 5.41 Å². The molecule has 82 valence electrons. The summed E-state index contributed by atoms with van der Waals surface area (Å²) in [6.45, 7) is 1.95. The van der Waals surface area contributed by atoms with Crippen LogP contribution in [0.1, 0.15) is 0 Å². The fourth-order valence-corrected chi connectivity index (χ4v) is 3.75. The first-order valence-electron chi connectivity index (χ1n) is 4.70. The van der Waals surface area contributed by atoms with Crippen molar-refractivity contribution in [3.8, 4) is 0 Å². The van der Waals surface area contributed by atoms with Gasteiger partial charge in [0.25, 0.3) is 10.0 Å². The average molecular weight is 229 g/mol. The molecule has 7 heteroatoms. The third-order valence-electron chi connectivity index (χ3n) is 3.02. The van der Waals surface area contributed by atoms with E-state index < -0.39 is 15.5 Å². The van der Waals surface area contributed by atoms with E-state index in [0.717, 1.165) is 3.97 Å². The van der Waals surface area contributed by atoms with Gasteiger partial charge in [-0.15, -0.1) is 0 Å². The zero-order chi connectivity index (χ0) is 10.5. The standard InChI is InChI=1S/C8H11N3O3S/c12-15(13,11-2-1-9-6-11)7-8(5-14-7)3-10-4-8/h1-2,6-7,10H,3-5H2. The molecule has 6 nitrogen and oxygen atoms in total. The molecule has 0 amide bonds. The first-order valence-corrected chi connectivity index (χ1v) is 6.20. The van der Waals surface area contributed by atoms with E-state index in [1.54, 1.807) is 0 Å². The van der Waals surface area contributed by atoms with Crippen LogP contribution in [0.15, 0.2) is 18.7 Å². The van der Waals surface area contributed by atoms with Crippen molar-refractivity contribution >= 4 is 10.0 Å². The highest BCUT2D eigenvalue weighted by Gasteiger charge is 2.59. The first-order chi connectivity index (χ1) is 7.15. The minimum Gasteiger partial charge on any atom is -0.359 e. The summed E-state index contributed by atoms with van der Waals surface area (Å²) in [5, 5.41) is 3.08. The third-order valence-corrected chi connectivity index (χ3v) is 5.00. The molecule has 3 heterocycles. The molecule has 2 aliphatic rings. The first kappa shape index (κ1) is 9.32. The molecule has 1 aromatic heterocycles. The van der Waals surface area contributed by atoms with Crippen LogP contribution < -0.4 is 5.32 Å². The molecule has 2 fully saturated rings. The summed E-state index contributed by atoms with van der Waals surface area (Å²) in [6, 6.07) is 0. The summed E-state index contributed by atoms with van der Waals surface area (Å²) in [5.41, 5.74) is -0.927. The fourth-order valence-electron chi connectivity index (χ4n) is 2.01. The number of hydrogen-bond donors (Lipinski definition) is 1. The van der Waals surface area contributed by atoms with Gasteiger partial charge in [-0.3, -0.25) is 0 Å². The van der Waals surface area contributed by atoms with Gasteiger partial charge >= 0.3 is 0 Å². The second-order valence-electron chi connectivity index (χ2n) is 4.05. The smallest absolute Gasteiger partial charge is 0.267 e. The molecule has 1 unspecified atom stereocenters. The molecular formula is C8H11N3O3S. The van der Waals surface area contributed by atoms with Crippen LogP contribution in [-0.2, 0) is 14.8 Å². The minimum absolute atomic E-state index is 0.205. The highest BCUT2D eigenvalue weighted by Crippen LogP contribution is 2.41. The number of aromatic nitrogens is 2. The molecule has 3 rings (SSSR count). The SMILES string of the molecule is O=S(=O)(C1OCC12CNC2)n1ccnc1. The monoisotopic (exact) mass is 229 g/mol. The summed E-state index contributed by atoms with van der Waals surface area (Å²) in [6.07, 6.45) is 4.16. The van der Waals surface area contributed by atoms with Crippen molar-refractivity contribution < 1.29 is 13.2 Å². The lowest BCUT2D eigenvalue weighted by atomic mass is 9.80. The Bertz CT molecular complexity index is 458. The number of hydrogen-bond acceptors (Lipinski definition) is 5. The lowest BCUT2D eigenvalue weighted by molar-refractivity contribution is -0.166. The summed E-state index contributed by atoms with van der Waals surface area (Å²) in [7, 11) is -3.44. The molecular weight excluding hydrogens is 218 g/mol. The number of imidazole rings is 1. The van der Waals surface area contributed by atoms with E-state index in [9.17, 15) is 8.42 Å². The number of ether oxygens (including phenoxy) is 1. The quantitative estimate of drug-likeness (QED) is 0.704. The molecule has 15 heavy (non-hydrogen) atoms. The topological polar surface area (TPSA) is 73.2 Å². The van der Waals surface area contributed by atoms with E-state index in [1.807, 2.05) is 0 Å². The van der Waals surface area contributed by atoms with Crippen LogP contribution in [0.25, 0.3) is 0 Å². The van der Waals surface area contributed by atoms with E-state index in [0.29, 0.717) is 19.7 Å². The van der Waals surface area contributed by atoms with E-state index >= 15 is 0 Å². The Morgan fingerprint density at radius 3 is 2.73 bits per heavy atom. The number of nitrogens with zero attached hydrogens (tertiary/aromatic N) is 2. The van der Waals surface area contributed by atoms with Crippen LogP contribution in [-0.4, -0.2) is 42.5 Å². The van der Waals surface area contributed by atoms with Gasteiger partial charge in [-0.05, 0) is 0 Å². The van der Waals surface area contributed by atoms with Gasteiger partial charge in [-0.25, -0.2) is 17.4 Å². The number of nitrogens with one attached hydrogen (secondary N) is 1. The Kier molecular flexibility index (Phi) is 1.74. The maximum Gasteiger partial charge on any atom is 0.267 e. The van der Waals surface area contributed by atoms with Gasteiger partial charge in [-0.1, -0.05) is 0 Å². The average Bonchev–Trinajstić information content (AvgIpc) is 2.48. The predicted octanol–water partition coefficient (Wildman–Crippen LogP) is -0.993. The van der Waals surface area contributed by atoms with Crippen molar-refractivity contribution in [1.29, 1.82) is 0 Å². The Balaban J connectivity index is 1.94. The summed E-state index contributed by atoms with van der Waals surface area (Å²) in [5.74, 6) is 0. The minimum atomic E-state index is -3.44. The lowest BCUT2D eigenvalue weighted by Crippen LogP contribution is -2.71. The lowest BCUT2D eigenvalue weighted by Gasteiger charge is -2.54. The maximum absolute atomic E-state index is 12.1. The van der Waals surface area contributed by atoms with Crippen LogP contribution in [0.2, 0.25) is 0 Å². The molecule has 1 aromatic rings. The van der Waals surface area contributed by atoms with Crippen LogP contribution >= 0.6 is 0 Å². The molecule has 1 N–H and O–H groups in total. The predicted molar refractivity (Wildman–Crippen MR) is 51.6 cm³/mol. The molecule has 0 aromatic carbocycles. The molecule has 1 atom stereocenters. The third kappa shape index (κ3) is 1.11. The normalized spacial score (nSPS) is 28.4. The van der Waals surface area contributed by atoms with E-state index in [1.165, 1.54) is 18.7 Å². The molecule has 1 spiro atoms. The molecule has 2 saturated heterocycles. The second kappa shape index (κ2) is 2.81. The highest BCUT2D eigenvalue weighted by molar-refractivity contribution is 7.90. The van der Waals surface area contributed by atoms with Crippen molar-refractivity contribution in [2.45, 2.75) is 5.44 Å². The van der Waals surface area contributed by atoms with Gasteiger partial charge in [0, 0.05) is 25.5 Å². The van der Waals surface area contributed by atoms with E-state index in [2.05, 4.69) is 10.3 Å². The van der Waals surface area contributed by atoms with Gasteiger partial charge in [0.2, 0.25) is 0 Å². The molecule has 0 radical (unpaired) electrons. The van der Waals surface area contributed by atoms with Crippen molar-refractivity contribution in [3.05, 3.63) is 18.7 Å². The zero-order valence-corrected chi connectivity index (χ0v) is 8.77.